The Morgan fingerprint density at radius 1 is 1.47 bits per heavy atom. The van der Waals surface area contributed by atoms with E-state index in [0.717, 1.165) is 0 Å². The van der Waals surface area contributed by atoms with Gasteiger partial charge in [-0.25, -0.2) is 9.79 Å². The molecule has 1 rings (SSSR count). The van der Waals surface area contributed by atoms with E-state index < -0.39 is 6.09 Å². The van der Waals surface area contributed by atoms with Gasteiger partial charge in [-0.2, -0.15) is 0 Å². The molecule has 0 aliphatic heterocycles. The fourth-order valence-corrected chi connectivity index (χ4v) is 2.00. The van der Waals surface area contributed by atoms with Gasteiger partial charge >= 0.3 is 6.09 Å². The summed E-state index contributed by atoms with van der Waals surface area (Å²) < 4.78 is 0. The largest absolute Gasteiger partial charge is 0.465 e. The van der Waals surface area contributed by atoms with Crippen LogP contribution in [0, 0.1) is 11.3 Å². The van der Waals surface area contributed by atoms with Gasteiger partial charge in [0, 0.05) is 26.1 Å². The maximum Gasteiger partial charge on any atom is 0.404 e. The van der Waals surface area contributed by atoms with Crippen LogP contribution in [0.5, 0.6) is 0 Å². The van der Waals surface area contributed by atoms with Gasteiger partial charge in [0.15, 0.2) is 0 Å². The summed E-state index contributed by atoms with van der Waals surface area (Å²) in [6.45, 7) is 3.76. The van der Waals surface area contributed by atoms with Crippen LogP contribution in [0.25, 0.3) is 0 Å². The zero-order chi connectivity index (χ0) is 13.2. The molecule has 1 aliphatic carbocycles. The summed E-state index contributed by atoms with van der Waals surface area (Å²) in [6, 6.07) is -0.177. The normalized spacial score (nSPS) is 26.4. The first-order valence-corrected chi connectivity index (χ1v) is 5.49. The molecule has 1 aliphatic rings. The predicted octanol–water partition coefficient (Wildman–Crippen LogP) is 0.785. The zero-order valence-electron chi connectivity index (χ0n) is 10.6. The smallest absolute Gasteiger partial charge is 0.404 e. The summed E-state index contributed by atoms with van der Waals surface area (Å²) in [5.41, 5.74) is -0.376. The molecule has 0 saturated heterocycles. The van der Waals surface area contributed by atoms with Gasteiger partial charge in [0.25, 0.3) is 5.91 Å². The number of hydrogen-bond acceptors (Lipinski definition) is 2. The van der Waals surface area contributed by atoms with Crippen molar-refractivity contribution in [3.05, 3.63) is 0 Å². The van der Waals surface area contributed by atoms with Crippen molar-refractivity contribution in [1.82, 2.24) is 10.2 Å². The molecule has 0 heterocycles. The maximum atomic E-state index is 11.8. The Balaban J connectivity index is 2.60. The van der Waals surface area contributed by atoms with Gasteiger partial charge < -0.3 is 15.3 Å². The molecule has 0 unspecified atom stereocenters. The second kappa shape index (κ2) is 4.73. The third kappa shape index (κ3) is 2.95. The molecule has 2 atom stereocenters. The van der Waals surface area contributed by atoms with Crippen LogP contribution in [-0.2, 0) is 4.79 Å². The molecule has 96 valence electrons. The number of aliphatic imine (C=N–C) groups is 1. The maximum absolute atomic E-state index is 11.8. The van der Waals surface area contributed by atoms with E-state index in [0.29, 0.717) is 6.42 Å². The van der Waals surface area contributed by atoms with Gasteiger partial charge in [0.05, 0.1) is 6.34 Å². The van der Waals surface area contributed by atoms with Crippen LogP contribution in [0.1, 0.15) is 20.3 Å². The van der Waals surface area contributed by atoms with Crippen molar-refractivity contribution >= 4 is 18.3 Å². The Bertz CT molecular complexity index is 350. The highest BCUT2D eigenvalue weighted by molar-refractivity contribution is 5.87. The quantitative estimate of drug-likeness (QED) is 0.565. The van der Waals surface area contributed by atoms with E-state index in [2.05, 4.69) is 10.3 Å². The monoisotopic (exact) mass is 241 g/mol. The number of rotatable bonds is 3. The van der Waals surface area contributed by atoms with Crippen LogP contribution < -0.4 is 5.32 Å². The van der Waals surface area contributed by atoms with Crippen molar-refractivity contribution in [3.63, 3.8) is 0 Å². The first kappa shape index (κ1) is 13.5. The minimum Gasteiger partial charge on any atom is -0.465 e. The highest BCUT2D eigenvalue weighted by atomic mass is 16.4. The van der Waals surface area contributed by atoms with E-state index >= 15 is 0 Å². The number of hydrogen-bond donors (Lipinski definition) is 2. The van der Waals surface area contributed by atoms with Crippen molar-refractivity contribution in [1.29, 1.82) is 0 Å². The minimum atomic E-state index is -1.05. The van der Waals surface area contributed by atoms with Crippen LogP contribution in [0.4, 0.5) is 4.79 Å². The first-order valence-electron chi connectivity index (χ1n) is 5.49. The molecular formula is C11H19N3O3. The lowest BCUT2D eigenvalue weighted by atomic mass is 9.58. The summed E-state index contributed by atoms with van der Waals surface area (Å²) in [4.78, 5) is 27.9. The van der Waals surface area contributed by atoms with Crippen molar-refractivity contribution in [2.24, 2.45) is 16.3 Å². The minimum absolute atomic E-state index is 0.177. The predicted molar refractivity (Wildman–Crippen MR) is 64.0 cm³/mol. The molecule has 2 amide bonds. The molecule has 0 radical (unpaired) electrons. The van der Waals surface area contributed by atoms with Crippen LogP contribution in [0.3, 0.4) is 0 Å². The first-order chi connectivity index (χ1) is 7.75. The molecule has 17 heavy (non-hydrogen) atoms. The lowest BCUT2D eigenvalue weighted by Gasteiger charge is -2.50. The van der Waals surface area contributed by atoms with Gasteiger partial charge in [0.1, 0.15) is 0 Å². The molecule has 0 aromatic rings. The number of nitrogens with zero attached hydrogens (tertiary/aromatic N) is 2. The lowest BCUT2D eigenvalue weighted by molar-refractivity contribution is -0.133. The Labute approximate surface area is 101 Å². The van der Waals surface area contributed by atoms with Crippen molar-refractivity contribution in [2.45, 2.75) is 26.3 Å². The molecule has 6 nitrogen and oxygen atoms in total. The van der Waals surface area contributed by atoms with Gasteiger partial charge in [-0.1, -0.05) is 13.8 Å². The van der Waals surface area contributed by atoms with Gasteiger partial charge in [-0.3, -0.25) is 4.79 Å². The molecule has 0 aromatic heterocycles. The zero-order valence-corrected chi connectivity index (χ0v) is 10.6. The topological polar surface area (TPSA) is 82.0 Å². The van der Waals surface area contributed by atoms with Crippen LogP contribution in [0.15, 0.2) is 4.99 Å². The average Bonchev–Trinajstić information content (AvgIpc) is 2.20. The fourth-order valence-electron chi connectivity index (χ4n) is 2.00. The van der Waals surface area contributed by atoms with Crippen LogP contribution in [0.2, 0.25) is 0 Å². The number of amides is 2. The lowest BCUT2D eigenvalue weighted by Crippen LogP contribution is -2.60. The summed E-state index contributed by atoms with van der Waals surface area (Å²) in [6.07, 6.45) is 0.935. The standard InChI is InChI=1S/C11H19N3O3/c1-11(2)7(5-8(11)13-10(16)17)9(15)12-6-14(3)4/h6-8,13H,5H2,1-4H3,(H,16,17)/b12-6+/t7-,8-/m1/s1. The number of carboxylic acid groups (broad SMARTS) is 1. The van der Waals surface area contributed by atoms with Gasteiger partial charge in [0.2, 0.25) is 0 Å². The average molecular weight is 241 g/mol. The highest BCUT2D eigenvalue weighted by Gasteiger charge is 2.52. The van der Waals surface area contributed by atoms with Crippen molar-refractivity contribution in [3.8, 4) is 0 Å². The second-order valence-electron chi connectivity index (χ2n) is 5.16. The summed E-state index contributed by atoms with van der Waals surface area (Å²) in [5.74, 6) is -0.400. The van der Waals surface area contributed by atoms with E-state index in [1.165, 1.54) is 6.34 Å². The molecule has 6 heteroatoms. The van der Waals surface area contributed by atoms with E-state index in [1.807, 2.05) is 13.8 Å². The molecule has 1 fully saturated rings. The number of nitrogens with one attached hydrogen (secondary N) is 1. The summed E-state index contributed by atoms with van der Waals surface area (Å²) >= 11 is 0. The Kier molecular flexibility index (Phi) is 3.75. The van der Waals surface area contributed by atoms with E-state index in [-0.39, 0.29) is 23.3 Å². The van der Waals surface area contributed by atoms with E-state index in [1.54, 1.807) is 19.0 Å². The SMILES string of the molecule is CN(C)/C=N/C(=O)[C@H]1C[C@@H](NC(=O)O)C1(C)C. The summed E-state index contributed by atoms with van der Waals surface area (Å²) in [7, 11) is 3.58. The van der Waals surface area contributed by atoms with Crippen molar-refractivity contribution in [2.75, 3.05) is 14.1 Å². The van der Waals surface area contributed by atoms with Gasteiger partial charge in [-0.05, 0) is 11.8 Å². The molecular weight excluding hydrogens is 222 g/mol. The van der Waals surface area contributed by atoms with Crippen LogP contribution in [-0.4, -0.2) is 48.5 Å². The molecule has 0 aromatic carbocycles. The number of carbonyl (C=O) groups is 2. The van der Waals surface area contributed by atoms with Crippen molar-refractivity contribution < 1.29 is 14.7 Å². The Morgan fingerprint density at radius 3 is 2.47 bits per heavy atom. The third-order valence-corrected chi connectivity index (χ3v) is 3.28. The molecule has 0 spiro atoms. The molecule has 1 saturated carbocycles. The highest BCUT2D eigenvalue weighted by Crippen LogP contribution is 2.46. The van der Waals surface area contributed by atoms with Crippen LogP contribution >= 0.6 is 0 Å². The Morgan fingerprint density at radius 2 is 2.06 bits per heavy atom. The van der Waals surface area contributed by atoms with E-state index in [4.69, 9.17) is 5.11 Å². The fraction of sp³-hybridized carbons (Fsp3) is 0.727. The molecule has 2 N–H and O–H groups in total. The van der Waals surface area contributed by atoms with Gasteiger partial charge in [-0.15, -0.1) is 0 Å². The molecule has 0 bridgehead atoms. The number of carbonyl (C=O) groups excluding carboxylic acids is 1. The summed E-state index contributed by atoms with van der Waals surface area (Å²) in [5, 5.41) is 11.1. The van der Waals surface area contributed by atoms with E-state index in [9.17, 15) is 9.59 Å². The Hall–Kier alpha value is -1.59. The second-order valence-corrected chi connectivity index (χ2v) is 5.16. The third-order valence-electron chi connectivity index (χ3n) is 3.28.